The van der Waals surface area contributed by atoms with Crippen LogP contribution in [0.15, 0.2) is 47.5 Å². The number of fused-ring (bicyclic) bond motifs is 3. The number of likely N-dealkylation sites (tertiary alicyclic amines) is 1. The van der Waals surface area contributed by atoms with Gasteiger partial charge in [-0.2, -0.15) is 9.50 Å². The van der Waals surface area contributed by atoms with E-state index in [-0.39, 0.29) is 22.6 Å². The Morgan fingerprint density at radius 1 is 1.10 bits per heavy atom. The van der Waals surface area contributed by atoms with Crippen LogP contribution >= 0.6 is 0 Å². The van der Waals surface area contributed by atoms with E-state index in [0.29, 0.717) is 68.8 Å². The highest BCUT2D eigenvalue weighted by Crippen LogP contribution is 2.43. The van der Waals surface area contributed by atoms with Gasteiger partial charge in [0.05, 0.1) is 24.6 Å². The van der Waals surface area contributed by atoms with Crippen molar-refractivity contribution in [1.29, 1.82) is 0 Å². The fourth-order valence-electron chi connectivity index (χ4n) is 6.58. The van der Waals surface area contributed by atoms with E-state index in [0.717, 1.165) is 48.1 Å². The van der Waals surface area contributed by atoms with Crippen molar-refractivity contribution in [3.8, 4) is 5.75 Å². The summed E-state index contributed by atoms with van der Waals surface area (Å²) >= 11 is 0. The number of rotatable bonds is 5. The molecule has 11 heteroatoms. The number of benzene rings is 1. The van der Waals surface area contributed by atoms with Crippen molar-refractivity contribution in [1.82, 2.24) is 34.4 Å². The molecule has 1 saturated heterocycles. The number of H-pyrrole nitrogens is 1. The lowest BCUT2D eigenvalue weighted by Crippen LogP contribution is -2.49. The molecule has 7 rings (SSSR count). The molecule has 3 aliphatic rings. The number of ether oxygens (including phenoxy) is 2. The predicted octanol–water partition coefficient (Wildman–Crippen LogP) is 3.41. The maximum absolute atomic E-state index is 13.9. The van der Waals surface area contributed by atoms with Crippen molar-refractivity contribution in [3.05, 3.63) is 87.1 Å². The van der Waals surface area contributed by atoms with Crippen LogP contribution in [0.4, 0.5) is 0 Å². The van der Waals surface area contributed by atoms with Crippen molar-refractivity contribution in [3.63, 3.8) is 0 Å². The first-order valence-corrected chi connectivity index (χ1v) is 14.6. The molecule has 1 aliphatic carbocycles. The summed E-state index contributed by atoms with van der Waals surface area (Å²) < 4.78 is 13.0. The summed E-state index contributed by atoms with van der Waals surface area (Å²) in [6.45, 7) is 4.35. The number of hydrogen-bond acceptors (Lipinski definition) is 8. The van der Waals surface area contributed by atoms with Gasteiger partial charge in [-0.15, -0.1) is 0 Å². The van der Waals surface area contributed by atoms with Crippen LogP contribution in [0.1, 0.15) is 70.9 Å². The smallest absolute Gasteiger partial charge is 0.278 e. The average molecular weight is 568 g/mol. The number of aryl methyl sites for hydroxylation is 2. The van der Waals surface area contributed by atoms with E-state index < -0.39 is 0 Å². The molecule has 4 aromatic rings. The molecule has 0 bridgehead atoms. The van der Waals surface area contributed by atoms with Crippen LogP contribution in [0.5, 0.6) is 5.75 Å². The Labute approximate surface area is 242 Å². The van der Waals surface area contributed by atoms with Crippen LogP contribution in [-0.4, -0.2) is 66.7 Å². The minimum atomic E-state index is -0.326. The molecule has 0 saturated carbocycles. The Balaban J connectivity index is 1.13. The predicted molar refractivity (Wildman–Crippen MR) is 154 cm³/mol. The zero-order valence-electron chi connectivity index (χ0n) is 23.6. The molecule has 1 fully saturated rings. The van der Waals surface area contributed by atoms with E-state index in [1.165, 1.54) is 10.8 Å². The maximum Gasteiger partial charge on any atom is 0.278 e. The third-order valence-corrected chi connectivity index (χ3v) is 8.85. The van der Waals surface area contributed by atoms with Crippen LogP contribution in [0, 0.1) is 6.92 Å². The monoisotopic (exact) mass is 567 g/mol. The summed E-state index contributed by atoms with van der Waals surface area (Å²) in [5.41, 5.74) is 4.14. The number of nitrogens with one attached hydrogen (secondary N) is 1. The number of aromatic nitrogens is 6. The third-order valence-electron chi connectivity index (χ3n) is 8.85. The summed E-state index contributed by atoms with van der Waals surface area (Å²) in [5, 5.41) is 3.20. The van der Waals surface area contributed by atoms with E-state index in [9.17, 15) is 9.59 Å². The molecule has 216 valence electrons. The average Bonchev–Trinajstić information content (AvgIpc) is 3.46. The van der Waals surface area contributed by atoms with Crippen molar-refractivity contribution in [2.75, 3.05) is 26.3 Å². The highest BCUT2D eigenvalue weighted by atomic mass is 16.5. The summed E-state index contributed by atoms with van der Waals surface area (Å²) in [5.74, 6) is 1.31. The normalized spacial score (nSPS) is 18.1. The lowest BCUT2D eigenvalue weighted by molar-refractivity contribution is 0.0638. The summed E-state index contributed by atoms with van der Waals surface area (Å²) in [6.07, 6.45) is 8.12. The number of hydrogen-bond donors (Lipinski definition) is 1. The highest BCUT2D eigenvalue weighted by Gasteiger charge is 2.44. The summed E-state index contributed by atoms with van der Waals surface area (Å²) in [6, 6.07) is 9.81. The molecule has 1 spiro atoms. The highest BCUT2D eigenvalue weighted by molar-refractivity contribution is 5.95. The van der Waals surface area contributed by atoms with Gasteiger partial charge in [-0.25, -0.2) is 15.0 Å². The first-order valence-electron chi connectivity index (χ1n) is 14.6. The van der Waals surface area contributed by atoms with E-state index in [1.807, 2.05) is 48.2 Å². The van der Waals surface area contributed by atoms with E-state index in [1.54, 1.807) is 0 Å². The molecular formula is C31H33N7O4. The van der Waals surface area contributed by atoms with Gasteiger partial charge in [-0.3, -0.25) is 14.7 Å². The zero-order valence-corrected chi connectivity index (χ0v) is 23.6. The minimum absolute atomic E-state index is 0.0797. The van der Waals surface area contributed by atoms with Gasteiger partial charge >= 0.3 is 0 Å². The van der Waals surface area contributed by atoms with Crippen molar-refractivity contribution < 1.29 is 14.3 Å². The molecule has 3 aromatic heterocycles. The standard InChI is InChI=1S/C31H33N7O4/c1-20-26(42-18-21-6-3-2-4-7-21)25(33-19-32-20)29(40)37-14-12-31(13-15-37)11-5-8-23-24(31)28(39)38-30(34-23)35-27(36-38)22-9-16-41-17-10-22/h2-4,6-7,9,19H,5,8,10-18H2,1H3,(H,34,35,36). The Hall–Kier alpha value is -4.38. The Bertz CT molecular complexity index is 1740. The van der Waals surface area contributed by atoms with Crippen LogP contribution in [0.3, 0.4) is 0 Å². The van der Waals surface area contributed by atoms with Gasteiger partial charge in [0.2, 0.25) is 0 Å². The first-order chi connectivity index (χ1) is 20.5. The van der Waals surface area contributed by atoms with Gasteiger partial charge in [0.15, 0.2) is 17.3 Å². The second-order valence-corrected chi connectivity index (χ2v) is 11.3. The molecule has 0 radical (unpaired) electrons. The van der Waals surface area contributed by atoms with Crippen LogP contribution < -0.4 is 10.3 Å². The largest absolute Gasteiger partial charge is 0.485 e. The fraction of sp³-hybridized carbons (Fsp3) is 0.419. The van der Waals surface area contributed by atoms with Gasteiger partial charge in [-0.1, -0.05) is 36.4 Å². The lowest BCUT2D eigenvalue weighted by atomic mass is 9.66. The summed E-state index contributed by atoms with van der Waals surface area (Å²) in [7, 11) is 0. The Morgan fingerprint density at radius 2 is 1.93 bits per heavy atom. The second kappa shape index (κ2) is 10.8. The molecule has 1 aromatic carbocycles. The molecule has 5 heterocycles. The third kappa shape index (κ3) is 4.67. The number of amides is 1. The molecule has 0 atom stereocenters. The molecule has 0 unspecified atom stereocenters. The maximum atomic E-state index is 13.9. The van der Waals surface area contributed by atoms with Gasteiger partial charge < -0.3 is 14.4 Å². The van der Waals surface area contributed by atoms with Crippen molar-refractivity contribution >= 4 is 17.3 Å². The molecule has 42 heavy (non-hydrogen) atoms. The molecule has 11 nitrogen and oxygen atoms in total. The van der Waals surface area contributed by atoms with E-state index in [2.05, 4.69) is 20.1 Å². The lowest BCUT2D eigenvalue weighted by Gasteiger charge is -2.44. The van der Waals surface area contributed by atoms with Crippen molar-refractivity contribution in [2.45, 2.75) is 57.5 Å². The quantitative estimate of drug-likeness (QED) is 0.389. The van der Waals surface area contributed by atoms with Gasteiger partial charge in [-0.05, 0) is 56.6 Å². The SMILES string of the molecule is Cc1ncnc(C(=O)N2CCC3(CCCc4nc5nc(C6=CCOCC6)[nH]n5c(=O)c43)CC2)c1OCc1ccccc1. The van der Waals surface area contributed by atoms with E-state index in [4.69, 9.17) is 14.5 Å². The molecule has 1 N–H and O–H groups in total. The topological polar surface area (TPSA) is 128 Å². The molecular weight excluding hydrogens is 534 g/mol. The van der Waals surface area contributed by atoms with Crippen LogP contribution in [0.25, 0.3) is 11.4 Å². The summed E-state index contributed by atoms with van der Waals surface area (Å²) in [4.78, 5) is 47.6. The van der Waals surface area contributed by atoms with E-state index >= 15 is 0 Å². The minimum Gasteiger partial charge on any atom is -0.485 e. The molecule has 2 aliphatic heterocycles. The molecule has 1 amide bonds. The van der Waals surface area contributed by atoms with Gasteiger partial charge in [0, 0.05) is 24.1 Å². The Kier molecular flexibility index (Phi) is 6.81. The number of carbonyl (C=O) groups is 1. The number of aromatic amines is 1. The Morgan fingerprint density at radius 3 is 2.71 bits per heavy atom. The number of carbonyl (C=O) groups excluding carboxylic acids is 1. The zero-order chi connectivity index (χ0) is 28.7. The van der Waals surface area contributed by atoms with Crippen molar-refractivity contribution in [2.24, 2.45) is 0 Å². The fourth-order valence-corrected chi connectivity index (χ4v) is 6.58. The second-order valence-electron chi connectivity index (χ2n) is 11.3. The number of piperidine rings is 1. The van der Waals surface area contributed by atoms with Gasteiger partial charge in [0.25, 0.3) is 17.2 Å². The van der Waals surface area contributed by atoms with Crippen LogP contribution in [-0.2, 0) is 23.2 Å². The first kappa shape index (κ1) is 26.5. The van der Waals surface area contributed by atoms with Crippen LogP contribution in [0.2, 0.25) is 0 Å². The number of nitrogens with zero attached hydrogens (tertiary/aromatic N) is 6. The van der Waals surface area contributed by atoms with Gasteiger partial charge in [0.1, 0.15) is 12.9 Å².